The molecule has 42 heavy (non-hydrogen) atoms. The number of phenols is 2. The summed E-state index contributed by atoms with van der Waals surface area (Å²) >= 11 is 0. The molecule has 3 aliphatic carbocycles. The van der Waals surface area contributed by atoms with Crippen LogP contribution in [-0.2, 0) is 22.4 Å². The first-order chi connectivity index (χ1) is 19.8. The van der Waals surface area contributed by atoms with Gasteiger partial charge in [0.25, 0.3) is 5.91 Å². The van der Waals surface area contributed by atoms with E-state index in [9.17, 15) is 39.9 Å². The van der Waals surface area contributed by atoms with E-state index >= 15 is 0 Å². The third kappa shape index (κ3) is 4.24. The number of ketones is 2. The van der Waals surface area contributed by atoms with Crippen LogP contribution >= 0.6 is 0 Å². The topological polar surface area (TPSA) is 191 Å². The zero-order chi connectivity index (χ0) is 30.7. The van der Waals surface area contributed by atoms with Crippen molar-refractivity contribution in [3.8, 4) is 17.2 Å². The zero-order valence-corrected chi connectivity index (χ0v) is 23.3. The summed E-state index contributed by atoms with van der Waals surface area (Å²) in [6.07, 6.45) is 4.35. The second-order valence-corrected chi connectivity index (χ2v) is 11.1. The molecule has 3 aliphatic rings. The van der Waals surface area contributed by atoms with E-state index in [1.54, 1.807) is 38.4 Å². The van der Waals surface area contributed by atoms with E-state index < -0.39 is 58.0 Å². The van der Waals surface area contributed by atoms with Gasteiger partial charge in [0.2, 0.25) is 5.78 Å². The predicted molar refractivity (Wildman–Crippen MR) is 151 cm³/mol. The minimum atomic E-state index is -2.68. The highest BCUT2D eigenvalue weighted by molar-refractivity contribution is 6.24. The number of phenolic OH excluding ortho intramolecular Hbond substituents is 2. The molecule has 11 heteroatoms. The van der Waals surface area contributed by atoms with Crippen LogP contribution in [0.1, 0.15) is 33.5 Å². The van der Waals surface area contributed by atoms with Gasteiger partial charge in [0.1, 0.15) is 22.8 Å². The fourth-order valence-corrected chi connectivity index (χ4v) is 6.60. The first-order valence-corrected chi connectivity index (χ1v) is 13.3. The van der Waals surface area contributed by atoms with Crippen LogP contribution in [0, 0.1) is 11.8 Å². The Bertz CT molecular complexity index is 1620. The van der Waals surface area contributed by atoms with Crippen molar-refractivity contribution in [3.63, 3.8) is 0 Å². The van der Waals surface area contributed by atoms with Crippen LogP contribution in [0.25, 0.3) is 6.08 Å². The normalized spacial score (nSPS) is 25.5. The summed E-state index contributed by atoms with van der Waals surface area (Å²) in [6, 6.07) is 6.96. The molecule has 0 fully saturated rings. The lowest BCUT2D eigenvalue weighted by Gasteiger charge is -2.50. The lowest BCUT2D eigenvalue weighted by molar-refractivity contribution is -0.148. The fraction of sp³-hybridized carbons (Fsp3) is 0.323. The molecule has 1 amide bonds. The number of rotatable bonds is 6. The minimum Gasteiger partial charge on any atom is -0.510 e. The van der Waals surface area contributed by atoms with Gasteiger partial charge in [-0.2, -0.15) is 0 Å². The average molecular weight is 577 g/mol. The van der Waals surface area contributed by atoms with E-state index in [0.29, 0.717) is 23.3 Å². The van der Waals surface area contributed by atoms with Crippen LogP contribution < -0.4 is 10.5 Å². The van der Waals surface area contributed by atoms with Gasteiger partial charge in [-0.1, -0.05) is 24.3 Å². The van der Waals surface area contributed by atoms with E-state index in [4.69, 9.17) is 10.5 Å². The number of ether oxygens (including phenoxy) is 1. The number of allylic oxidation sites excluding steroid dienone is 2. The van der Waals surface area contributed by atoms with Crippen molar-refractivity contribution in [2.75, 3.05) is 21.2 Å². The number of likely N-dealkylation sites (N-methyl/N-ethyl adjacent to an activating group) is 1. The fourth-order valence-electron chi connectivity index (χ4n) is 6.60. The molecule has 4 unspecified atom stereocenters. The number of fused-ring (bicyclic) bond motifs is 3. The van der Waals surface area contributed by atoms with Gasteiger partial charge in [0.05, 0.1) is 18.7 Å². The molecule has 7 N–H and O–H groups in total. The quantitative estimate of drug-likeness (QED) is 0.278. The molecule has 0 aliphatic heterocycles. The van der Waals surface area contributed by atoms with E-state index in [1.807, 2.05) is 6.08 Å². The number of hydrogen-bond donors (Lipinski definition) is 6. The number of hydrogen-bond acceptors (Lipinski definition) is 10. The van der Waals surface area contributed by atoms with Gasteiger partial charge >= 0.3 is 0 Å². The maximum absolute atomic E-state index is 13.8. The molecule has 2 aromatic carbocycles. The highest BCUT2D eigenvalue weighted by atomic mass is 16.5. The second kappa shape index (κ2) is 10.3. The average Bonchev–Trinajstić information content (AvgIpc) is 2.92. The zero-order valence-electron chi connectivity index (χ0n) is 23.3. The molecular formula is C31H32N2O9. The van der Waals surface area contributed by atoms with Crippen molar-refractivity contribution in [3.05, 3.63) is 81.3 Å². The third-order valence-corrected chi connectivity index (χ3v) is 8.54. The van der Waals surface area contributed by atoms with Crippen molar-refractivity contribution >= 4 is 23.5 Å². The number of aliphatic hydroxyl groups excluding tert-OH is 2. The van der Waals surface area contributed by atoms with E-state index in [2.05, 4.69) is 0 Å². The number of carbonyl (C=O) groups excluding carboxylic acids is 3. The molecule has 0 spiro atoms. The van der Waals surface area contributed by atoms with Gasteiger partial charge in [-0.25, -0.2) is 0 Å². The largest absolute Gasteiger partial charge is 0.510 e. The number of carbonyl (C=O) groups is 3. The smallest absolute Gasteiger partial charge is 0.255 e. The molecule has 5 rings (SSSR count). The SMILES string of the molecule is COc1cc(C/C=C\c2ccc(O)c3c2CC2CC4C(N(C)C)C(O)=C(C(N)=O)C(=O)C4(O)C(O)=C2C3=O)ccc1O. The van der Waals surface area contributed by atoms with E-state index in [0.717, 1.165) is 5.56 Å². The van der Waals surface area contributed by atoms with Crippen molar-refractivity contribution < 1.29 is 44.7 Å². The summed E-state index contributed by atoms with van der Waals surface area (Å²) < 4.78 is 5.16. The summed E-state index contributed by atoms with van der Waals surface area (Å²) in [5.74, 6) is -6.51. The Hall–Kier alpha value is -4.61. The molecule has 220 valence electrons. The van der Waals surface area contributed by atoms with Gasteiger partial charge in [0.15, 0.2) is 22.9 Å². The highest BCUT2D eigenvalue weighted by Crippen LogP contribution is 2.52. The van der Waals surface area contributed by atoms with Crippen molar-refractivity contribution in [1.29, 1.82) is 0 Å². The number of methoxy groups -OCH3 is 1. The monoisotopic (exact) mass is 576 g/mol. The summed E-state index contributed by atoms with van der Waals surface area (Å²) in [4.78, 5) is 40.8. The molecule has 2 aromatic rings. The van der Waals surface area contributed by atoms with Crippen LogP contribution in [0.4, 0.5) is 0 Å². The van der Waals surface area contributed by atoms with Crippen LogP contribution in [0.3, 0.4) is 0 Å². The van der Waals surface area contributed by atoms with Gasteiger partial charge in [-0.15, -0.1) is 0 Å². The van der Waals surface area contributed by atoms with Gasteiger partial charge < -0.3 is 36.0 Å². The Morgan fingerprint density at radius 1 is 1.12 bits per heavy atom. The van der Waals surface area contributed by atoms with Crippen LogP contribution in [0.15, 0.2) is 59.1 Å². The Balaban J connectivity index is 1.57. The van der Waals surface area contributed by atoms with Crippen molar-refractivity contribution in [1.82, 2.24) is 4.90 Å². The van der Waals surface area contributed by atoms with Gasteiger partial charge in [-0.3, -0.25) is 19.3 Å². The molecule has 0 bridgehead atoms. The Kier molecular flexibility index (Phi) is 7.12. The summed E-state index contributed by atoms with van der Waals surface area (Å²) in [7, 11) is 4.62. The number of primary amides is 1. The van der Waals surface area contributed by atoms with Gasteiger partial charge in [0, 0.05) is 11.5 Å². The number of amides is 1. The molecule has 0 heterocycles. The standard InChI is InChI=1S/C31H32N2O9/c1-33(2)25-18-13-16-12-17-15(6-4-5-14-7-9-19(34)21(11-14)42-3)8-10-20(35)23(17)26(36)22(16)28(38)31(18,41)29(39)24(27(25)37)30(32)40/h4,6-11,16,18,25,34-35,37-38,41H,5,12-13H2,1-3H3,(H2,32,40)/b6-4-. The van der Waals surface area contributed by atoms with Crippen LogP contribution in [0.5, 0.6) is 17.2 Å². The Morgan fingerprint density at radius 3 is 2.45 bits per heavy atom. The summed E-state index contributed by atoms with van der Waals surface area (Å²) in [5, 5.41) is 54.5. The van der Waals surface area contributed by atoms with E-state index in [-0.39, 0.29) is 35.5 Å². The van der Waals surface area contributed by atoms with Crippen molar-refractivity contribution in [2.24, 2.45) is 17.6 Å². The number of aliphatic hydroxyl groups is 3. The lowest BCUT2D eigenvalue weighted by Crippen LogP contribution is -2.63. The number of benzene rings is 2. The summed E-state index contributed by atoms with van der Waals surface area (Å²) in [6.45, 7) is 0. The minimum absolute atomic E-state index is 0.0118. The Labute approximate surface area is 241 Å². The molecule has 0 radical (unpaired) electrons. The molecule has 4 atom stereocenters. The first-order valence-electron chi connectivity index (χ1n) is 13.3. The van der Waals surface area contributed by atoms with Gasteiger partial charge in [-0.05, 0) is 74.2 Å². The number of nitrogens with two attached hydrogens (primary N) is 1. The van der Waals surface area contributed by atoms with E-state index in [1.165, 1.54) is 24.1 Å². The lowest BCUT2D eigenvalue weighted by atomic mass is 9.58. The molecule has 0 saturated carbocycles. The van der Waals surface area contributed by atoms with Crippen molar-refractivity contribution in [2.45, 2.75) is 30.9 Å². The predicted octanol–water partition coefficient (Wildman–Crippen LogP) is 2.09. The number of aromatic hydroxyl groups is 2. The Morgan fingerprint density at radius 2 is 1.81 bits per heavy atom. The maximum atomic E-state index is 13.8. The highest BCUT2D eigenvalue weighted by Gasteiger charge is 2.63. The number of nitrogens with zero attached hydrogens (tertiary/aromatic N) is 1. The number of Topliss-reactive ketones (excluding diaryl/α,β-unsaturated/α-hetero) is 2. The van der Waals surface area contributed by atoms with Crippen LogP contribution in [-0.4, -0.2) is 80.8 Å². The van der Waals surface area contributed by atoms with Crippen LogP contribution in [0.2, 0.25) is 0 Å². The molecular weight excluding hydrogens is 544 g/mol. The third-order valence-electron chi connectivity index (χ3n) is 8.54. The molecule has 0 aromatic heterocycles. The maximum Gasteiger partial charge on any atom is 0.255 e. The summed E-state index contributed by atoms with van der Waals surface area (Å²) in [5.41, 5.74) is 3.65. The molecule has 0 saturated heterocycles. The first kappa shape index (κ1) is 28.9. The second-order valence-electron chi connectivity index (χ2n) is 11.1. The molecule has 11 nitrogen and oxygen atoms in total.